The largest absolute Gasteiger partial charge is 0.394 e. The van der Waals surface area contributed by atoms with E-state index in [2.05, 4.69) is 59.9 Å². The number of nitrogens with one attached hydrogen (secondary N) is 1. The Morgan fingerprint density at radius 3 is 2.67 bits per heavy atom. The predicted molar refractivity (Wildman–Crippen MR) is 111 cm³/mol. The van der Waals surface area contributed by atoms with E-state index in [0.29, 0.717) is 41.8 Å². The minimum Gasteiger partial charge on any atom is -0.394 e. The molecular weight excluding hydrogens is 338 g/mol. The molecular formula is C20H33N7. The highest BCUT2D eigenvalue weighted by atomic mass is 15.1. The Morgan fingerprint density at radius 2 is 2.11 bits per heavy atom. The Labute approximate surface area is 162 Å². The van der Waals surface area contributed by atoms with Crippen molar-refractivity contribution in [2.75, 3.05) is 0 Å². The second-order valence-corrected chi connectivity index (χ2v) is 8.27. The number of allylic oxidation sites excluding steroid dienone is 1. The second-order valence-electron chi connectivity index (χ2n) is 8.27. The molecule has 5 N–H and O–H groups in total. The van der Waals surface area contributed by atoms with Gasteiger partial charge in [-0.3, -0.25) is 4.99 Å². The maximum atomic E-state index is 6.25. The van der Waals surface area contributed by atoms with Gasteiger partial charge >= 0.3 is 0 Å². The molecule has 0 bridgehead atoms. The van der Waals surface area contributed by atoms with Gasteiger partial charge in [-0.1, -0.05) is 34.6 Å². The molecule has 0 radical (unpaired) electrons. The van der Waals surface area contributed by atoms with Crippen LogP contribution in [0.2, 0.25) is 0 Å². The van der Waals surface area contributed by atoms with Crippen molar-refractivity contribution in [3.05, 3.63) is 35.3 Å². The maximum Gasteiger partial charge on any atom is 0.153 e. The lowest BCUT2D eigenvalue weighted by atomic mass is 9.59. The first-order chi connectivity index (χ1) is 12.6. The molecule has 7 heteroatoms. The summed E-state index contributed by atoms with van der Waals surface area (Å²) in [5.41, 5.74) is 14.7. The SMILES string of the molecule is C\C(N)=N/C(N[C@H]1C[C@@H](C)C1(C)C)=C(N)\C=N/Cc1cncnc1C(C)C. The molecule has 1 aromatic heterocycles. The molecule has 1 aliphatic rings. The third-order valence-corrected chi connectivity index (χ3v) is 5.49. The van der Waals surface area contributed by atoms with Gasteiger partial charge in [0, 0.05) is 24.0 Å². The number of aliphatic imine (C=N–C) groups is 2. The molecule has 27 heavy (non-hydrogen) atoms. The lowest BCUT2D eigenvalue weighted by molar-refractivity contribution is 0.0335. The summed E-state index contributed by atoms with van der Waals surface area (Å²) in [5.74, 6) is 2.01. The minimum atomic E-state index is 0.189. The Bertz CT molecular complexity index is 742. The summed E-state index contributed by atoms with van der Waals surface area (Å²) in [6.45, 7) is 13.2. The van der Waals surface area contributed by atoms with E-state index in [1.54, 1.807) is 25.7 Å². The Balaban J connectivity index is 2.16. The first kappa shape index (κ1) is 20.9. The van der Waals surface area contributed by atoms with E-state index in [0.717, 1.165) is 17.7 Å². The van der Waals surface area contributed by atoms with Crippen LogP contribution in [0.4, 0.5) is 0 Å². The molecule has 0 saturated heterocycles. The van der Waals surface area contributed by atoms with Gasteiger partial charge in [0.15, 0.2) is 5.82 Å². The zero-order valence-electron chi connectivity index (χ0n) is 17.3. The molecule has 1 aromatic rings. The molecule has 0 unspecified atom stereocenters. The summed E-state index contributed by atoms with van der Waals surface area (Å²) < 4.78 is 0. The summed E-state index contributed by atoms with van der Waals surface area (Å²) in [6.07, 6.45) is 6.10. The highest BCUT2D eigenvalue weighted by molar-refractivity contribution is 5.82. The van der Waals surface area contributed by atoms with Gasteiger partial charge in [-0.05, 0) is 30.6 Å². The van der Waals surface area contributed by atoms with Crippen molar-refractivity contribution in [1.29, 1.82) is 0 Å². The summed E-state index contributed by atoms with van der Waals surface area (Å²) in [7, 11) is 0. The van der Waals surface area contributed by atoms with Gasteiger partial charge in [0.1, 0.15) is 6.33 Å². The molecule has 0 aromatic carbocycles. The lowest BCUT2D eigenvalue weighted by Gasteiger charge is -2.51. The minimum absolute atomic E-state index is 0.189. The Kier molecular flexibility index (Phi) is 6.57. The molecule has 0 spiro atoms. The number of hydrogen-bond donors (Lipinski definition) is 3. The fourth-order valence-corrected chi connectivity index (χ4v) is 3.22. The van der Waals surface area contributed by atoms with E-state index < -0.39 is 0 Å². The fourth-order valence-electron chi connectivity index (χ4n) is 3.22. The summed E-state index contributed by atoms with van der Waals surface area (Å²) in [4.78, 5) is 17.3. The third kappa shape index (κ3) is 5.05. The van der Waals surface area contributed by atoms with Crippen molar-refractivity contribution in [2.45, 2.75) is 66.5 Å². The first-order valence-corrected chi connectivity index (χ1v) is 9.48. The van der Waals surface area contributed by atoms with E-state index in [1.807, 2.05) is 0 Å². The van der Waals surface area contributed by atoms with Gasteiger partial charge in [0.2, 0.25) is 0 Å². The average molecular weight is 372 g/mol. The smallest absolute Gasteiger partial charge is 0.153 e. The number of amidine groups is 1. The van der Waals surface area contributed by atoms with Crippen LogP contribution in [-0.2, 0) is 6.54 Å². The predicted octanol–water partition coefficient (Wildman–Crippen LogP) is 2.70. The van der Waals surface area contributed by atoms with Crippen LogP contribution in [0.5, 0.6) is 0 Å². The van der Waals surface area contributed by atoms with Gasteiger partial charge in [-0.25, -0.2) is 15.0 Å². The van der Waals surface area contributed by atoms with Crippen molar-refractivity contribution in [3.63, 3.8) is 0 Å². The molecule has 2 rings (SSSR count). The van der Waals surface area contributed by atoms with Crippen molar-refractivity contribution < 1.29 is 0 Å². The Morgan fingerprint density at radius 1 is 1.41 bits per heavy atom. The molecule has 0 amide bonds. The van der Waals surface area contributed by atoms with Crippen LogP contribution in [0.3, 0.4) is 0 Å². The second kappa shape index (κ2) is 8.50. The van der Waals surface area contributed by atoms with Crippen LogP contribution in [0.15, 0.2) is 34.0 Å². The fraction of sp³-hybridized carbons (Fsp3) is 0.600. The van der Waals surface area contributed by atoms with Crippen LogP contribution in [0, 0.1) is 11.3 Å². The van der Waals surface area contributed by atoms with Crippen LogP contribution in [0.1, 0.15) is 65.1 Å². The van der Waals surface area contributed by atoms with E-state index in [1.165, 1.54) is 0 Å². The van der Waals surface area contributed by atoms with Crippen LogP contribution < -0.4 is 16.8 Å². The van der Waals surface area contributed by atoms with E-state index in [4.69, 9.17) is 11.5 Å². The molecule has 2 atom stereocenters. The summed E-state index contributed by atoms with van der Waals surface area (Å²) >= 11 is 0. The normalized spacial score (nSPS) is 23.3. The van der Waals surface area contributed by atoms with Crippen molar-refractivity contribution in [2.24, 2.45) is 32.8 Å². The van der Waals surface area contributed by atoms with Crippen LogP contribution in [0.25, 0.3) is 0 Å². The highest BCUT2D eigenvalue weighted by Crippen LogP contribution is 2.46. The van der Waals surface area contributed by atoms with Gasteiger partial charge < -0.3 is 16.8 Å². The average Bonchev–Trinajstić information content (AvgIpc) is 2.60. The zero-order chi connectivity index (χ0) is 20.2. The van der Waals surface area contributed by atoms with Crippen LogP contribution in [-0.4, -0.2) is 28.1 Å². The Hall–Kier alpha value is -2.44. The third-order valence-electron chi connectivity index (χ3n) is 5.49. The monoisotopic (exact) mass is 371 g/mol. The summed E-state index contributed by atoms with van der Waals surface area (Å²) in [5, 5.41) is 3.45. The maximum absolute atomic E-state index is 6.25. The zero-order valence-corrected chi connectivity index (χ0v) is 17.3. The van der Waals surface area contributed by atoms with Gasteiger partial charge in [0.05, 0.1) is 23.8 Å². The molecule has 1 fully saturated rings. The van der Waals surface area contributed by atoms with Gasteiger partial charge in [0.25, 0.3) is 0 Å². The van der Waals surface area contributed by atoms with E-state index in [9.17, 15) is 0 Å². The number of hydrogen-bond acceptors (Lipinski definition) is 6. The molecule has 0 aliphatic heterocycles. The number of rotatable bonds is 7. The quantitative estimate of drug-likeness (QED) is 0.503. The van der Waals surface area contributed by atoms with Gasteiger partial charge in [-0.15, -0.1) is 0 Å². The molecule has 148 valence electrons. The number of nitrogens with two attached hydrogens (primary N) is 2. The molecule has 1 aliphatic carbocycles. The molecule has 1 saturated carbocycles. The van der Waals surface area contributed by atoms with Crippen molar-refractivity contribution in [1.82, 2.24) is 15.3 Å². The van der Waals surface area contributed by atoms with Crippen molar-refractivity contribution >= 4 is 12.1 Å². The lowest BCUT2D eigenvalue weighted by Crippen LogP contribution is -2.55. The van der Waals surface area contributed by atoms with Gasteiger partial charge in [-0.2, -0.15) is 0 Å². The standard InChI is InChI=1S/C20H33N7/c1-12(2)18-15(9-24-11-25-18)8-23-10-16(22)19(26-14(4)21)27-17-7-13(3)20(17,5)6/h9-13,17,27H,7-8,22H2,1-6H3,(H2,21,26)/b19-16-,23-10-/t13-,17+/m1/s1. The van der Waals surface area contributed by atoms with Crippen molar-refractivity contribution in [3.8, 4) is 0 Å². The molecule has 7 nitrogen and oxygen atoms in total. The first-order valence-electron chi connectivity index (χ1n) is 9.48. The van der Waals surface area contributed by atoms with E-state index >= 15 is 0 Å². The highest BCUT2D eigenvalue weighted by Gasteiger charge is 2.45. The number of nitrogens with zero attached hydrogens (tertiary/aromatic N) is 4. The summed E-state index contributed by atoms with van der Waals surface area (Å²) in [6, 6.07) is 0.313. The van der Waals surface area contributed by atoms with Crippen LogP contribution >= 0.6 is 0 Å². The topological polar surface area (TPSA) is 115 Å². The number of aromatic nitrogens is 2. The molecule has 1 heterocycles. The van der Waals surface area contributed by atoms with E-state index in [-0.39, 0.29) is 5.41 Å².